The summed E-state index contributed by atoms with van der Waals surface area (Å²) >= 11 is 0. The Balaban J connectivity index is 1.60. The number of imide groups is 1. The zero-order valence-corrected chi connectivity index (χ0v) is 18.7. The van der Waals surface area contributed by atoms with Crippen LogP contribution in [0.3, 0.4) is 0 Å². The van der Waals surface area contributed by atoms with Gasteiger partial charge in [-0.05, 0) is 42.8 Å². The summed E-state index contributed by atoms with van der Waals surface area (Å²) < 4.78 is 19.7. The molecule has 2 aliphatic rings. The highest BCUT2D eigenvalue weighted by atomic mass is 19.1. The summed E-state index contributed by atoms with van der Waals surface area (Å²) in [7, 11) is 1.62. The number of benzene rings is 3. The summed E-state index contributed by atoms with van der Waals surface area (Å²) in [5.74, 6) is -0.424. The van der Waals surface area contributed by atoms with Gasteiger partial charge >= 0.3 is 6.03 Å². The number of methoxy groups -OCH3 is 1. The van der Waals surface area contributed by atoms with E-state index in [0.717, 1.165) is 26.9 Å². The van der Waals surface area contributed by atoms with Crippen molar-refractivity contribution in [3.05, 3.63) is 95.4 Å². The largest absolute Gasteiger partial charge is 0.496 e. The van der Waals surface area contributed by atoms with Gasteiger partial charge in [0, 0.05) is 28.9 Å². The molecule has 2 atom stereocenters. The van der Waals surface area contributed by atoms with E-state index in [1.165, 1.54) is 18.2 Å². The quantitative estimate of drug-likeness (QED) is 0.435. The number of ether oxygens (including phenoxy) is 1. The van der Waals surface area contributed by atoms with Crippen LogP contribution in [0.5, 0.6) is 5.75 Å². The van der Waals surface area contributed by atoms with Crippen LogP contribution in [0.1, 0.15) is 29.7 Å². The number of hydrogen-bond donors (Lipinski definition) is 1. The van der Waals surface area contributed by atoms with Crippen molar-refractivity contribution in [1.82, 2.24) is 9.88 Å². The molecule has 1 fully saturated rings. The van der Waals surface area contributed by atoms with E-state index in [1.54, 1.807) is 25.0 Å². The van der Waals surface area contributed by atoms with E-state index in [-0.39, 0.29) is 18.2 Å². The smallest absolute Gasteiger partial charge is 0.332 e. The van der Waals surface area contributed by atoms with Crippen LogP contribution in [0, 0.1) is 5.82 Å². The second-order valence-electron chi connectivity index (χ2n) is 8.84. The molecule has 4 aromatic rings. The minimum absolute atomic E-state index is 0.220. The lowest BCUT2D eigenvalue weighted by atomic mass is 9.78. The Hall–Kier alpha value is -4.13. The zero-order valence-electron chi connectivity index (χ0n) is 18.7. The lowest BCUT2D eigenvalue weighted by molar-refractivity contribution is -0.125. The van der Waals surface area contributed by atoms with Crippen molar-refractivity contribution in [1.29, 1.82) is 0 Å². The normalized spacial score (nSPS) is 21.7. The predicted octanol–water partition coefficient (Wildman–Crippen LogP) is 5.15. The third-order valence-electron chi connectivity index (χ3n) is 7.11. The third-order valence-corrected chi connectivity index (χ3v) is 7.11. The molecule has 0 spiro atoms. The van der Waals surface area contributed by atoms with Crippen LogP contribution in [0.15, 0.2) is 72.8 Å². The summed E-state index contributed by atoms with van der Waals surface area (Å²) in [6, 6.07) is 20.7. The van der Waals surface area contributed by atoms with Gasteiger partial charge in [-0.3, -0.25) is 4.79 Å². The average Bonchev–Trinajstić information content (AvgIpc) is 3.33. The van der Waals surface area contributed by atoms with Crippen molar-refractivity contribution >= 4 is 28.5 Å². The Labute approximate surface area is 195 Å². The molecule has 0 bridgehead atoms. The molecule has 6 rings (SSSR count). The van der Waals surface area contributed by atoms with E-state index in [9.17, 15) is 14.0 Å². The number of aromatic nitrogens is 1. The third kappa shape index (κ3) is 2.61. The fourth-order valence-electron chi connectivity index (χ4n) is 5.47. The summed E-state index contributed by atoms with van der Waals surface area (Å²) in [6.07, 6.45) is 0. The van der Waals surface area contributed by atoms with E-state index < -0.39 is 23.3 Å². The molecule has 6 nitrogen and oxygen atoms in total. The number of nitrogens with zero attached hydrogens (tertiary/aromatic N) is 2. The number of urea groups is 1. The summed E-state index contributed by atoms with van der Waals surface area (Å²) in [5, 5.41) is 0.999. The van der Waals surface area contributed by atoms with Crippen LogP contribution in [-0.4, -0.2) is 35.5 Å². The lowest BCUT2D eigenvalue weighted by Crippen LogP contribution is -2.50. The number of para-hydroxylation sites is 2. The SMILES string of the molecule is COc1ccccc1C1CN2C(=O)N(c3cccc(F)c3)C(=O)C2(C)c2[nH]c3ccccc3c21. The highest BCUT2D eigenvalue weighted by molar-refractivity contribution is 6.23. The fourth-order valence-corrected chi connectivity index (χ4v) is 5.47. The van der Waals surface area contributed by atoms with Gasteiger partial charge in [0.1, 0.15) is 11.6 Å². The van der Waals surface area contributed by atoms with Crippen molar-refractivity contribution in [2.24, 2.45) is 0 Å². The molecule has 0 saturated carbocycles. The maximum absolute atomic E-state index is 14.0. The van der Waals surface area contributed by atoms with Crippen molar-refractivity contribution < 1.29 is 18.7 Å². The number of amides is 3. The Bertz CT molecular complexity index is 1480. The van der Waals surface area contributed by atoms with Gasteiger partial charge in [-0.2, -0.15) is 0 Å². The first kappa shape index (κ1) is 20.5. The average molecular weight is 455 g/mol. The highest BCUT2D eigenvalue weighted by Crippen LogP contribution is 2.51. The van der Waals surface area contributed by atoms with Crippen LogP contribution in [0.4, 0.5) is 14.9 Å². The Morgan fingerprint density at radius 3 is 2.59 bits per heavy atom. The minimum Gasteiger partial charge on any atom is -0.496 e. The van der Waals surface area contributed by atoms with E-state index >= 15 is 0 Å². The van der Waals surface area contributed by atoms with Crippen molar-refractivity contribution in [3.8, 4) is 5.75 Å². The number of carbonyl (C=O) groups excluding carboxylic acids is 2. The molecule has 1 aromatic heterocycles. The second kappa shape index (κ2) is 7.18. The maximum atomic E-state index is 14.0. The van der Waals surface area contributed by atoms with Gasteiger partial charge in [0.05, 0.1) is 18.5 Å². The molecular weight excluding hydrogens is 433 g/mol. The predicted molar refractivity (Wildman–Crippen MR) is 126 cm³/mol. The topological polar surface area (TPSA) is 65.6 Å². The van der Waals surface area contributed by atoms with Gasteiger partial charge in [-0.25, -0.2) is 14.1 Å². The molecule has 3 heterocycles. The number of carbonyl (C=O) groups is 2. The van der Waals surface area contributed by atoms with Gasteiger partial charge in [-0.15, -0.1) is 0 Å². The molecule has 1 N–H and O–H groups in total. The molecule has 34 heavy (non-hydrogen) atoms. The lowest BCUT2D eigenvalue weighted by Gasteiger charge is -2.40. The van der Waals surface area contributed by atoms with Crippen LogP contribution in [0.2, 0.25) is 0 Å². The fraction of sp³-hybridized carbons (Fsp3) is 0.185. The highest BCUT2D eigenvalue weighted by Gasteiger charge is 2.60. The number of nitrogens with one attached hydrogen (secondary N) is 1. The van der Waals surface area contributed by atoms with Crippen LogP contribution in [0.25, 0.3) is 10.9 Å². The Morgan fingerprint density at radius 1 is 1.03 bits per heavy atom. The van der Waals surface area contributed by atoms with Gasteiger partial charge in [-0.1, -0.05) is 42.5 Å². The molecule has 3 aromatic carbocycles. The van der Waals surface area contributed by atoms with Crippen molar-refractivity contribution in [2.45, 2.75) is 18.4 Å². The van der Waals surface area contributed by atoms with Gasteiger partial charge in [0.15, 0.2) is 5.54 Å². The molecular formula is C27H22FN3O3. The van der Waals surface area contributed by atoms with Crippen LogP contribution in [-0.2, 0) is 10.3 Å². The molecule has 1 saturated heterocycles. The monoisotopic (exact) mass is 455 g/mol. The summed E-state index contributed by atoms with van der Waals surface area (Å²) in [4.78, 5) is 33.7. The van der Waals surface area contributed by atoms with Gasteiger partial charge < -0.3 is 14.6 Å². The molecule has 0 radical (unpaired) electrons. The number of halogens is 1. The van der Waals surface area contributed by atoms with E-state index in [4.69, 9.17) is 4.74 Å². The van der Waals surface area contributed by atoms with E-state index in [2.05, 4.69) is 4.98 Å². The standard InChI is InChI=1S/C27H22FN3O3/c1-27-24-23(19-11-3-5-12-21(19)29-24)20(18-10-4-6-13-22(18)34-2)15-30(27)26(33)31(25(27)32)17-9-7-8-16(28)14-17/h3-14,20,29H,15H2,1-2H3. The van der Waals surface area contributed by atoms with Crippen LogP contribution >= 0.6 is 0 Å². The first-order valence-corrected chi connectivity index (χ1v) is 11.1. The molecule has 2 aliphatic heterocycles. The van der Waals surface area contributed by atoms with E-state index in [0.29, 0.717) is 11.4 Å². The van der Waals surface area contributed by atoms with Gasteiger partial charge in [0.2, 0.25) is 0 Å². The molecule has 170 valence electrons. The van der Waals surface area contributed by atoms with Crippen molar-refractivity contribution in [2.75, 3.05) is 18.6 Å². The molecule has 3 amide bonds. The van der Waals surface area contributed by atoms with Crippen molar-refractivity contribution in [3.63, 3.8) is 0 Å². The first-order valence-electron chi connectivity index (χ1n) is 11.1. The number of aromatic amines is 1. The number of rotatable bonds is 3. The number of anilines is 1. The molecule has 0 aliphatic carbocycles. The maximum Gasteiger partial charge on any atom is 0.332 e. The second-order valence-corrected chi connectivity index (χ2v) is 8.84. The molecule has 7 heteroatoms. The number of H-pyrrole nitrogens is 1. The van der Waals surface area contributed by atoms with Crippen LogP contribution < -0.4 is 9.64 Å². The van der Waals surface area contributed by atoms with Gasteiger partial charge in [0.25, 0.3) is 5.91 Å². The number of fused-ring (bicyclic) bond motifs is 5. The zero-order chi connectivity index (χ0) is 23.6. The summed E-state index contributed by atoms with van der Waals surface area (Å²) in [5.41, 5.74) is 2.43. The Morgan fingerprint density at radius 2 is 1.79 bits per heavy atom. The minimum atomic E-state index is -1.25. The van der Waals surface area contributed by atoms with E-state index in [1.807, 2.05) is 48.5 Å². The molecule has 2 unspecified atom stereocenters. The first-order chi connectivity index (χ1) is 16.4. The number of hydrogen-bond acceptors (Lipinski definition) is 3. The Kier molecular flexibility index (Phi) is 4.33. The summed E-state index contributed by atoms with van der Waals surface area (Å²) in [6.45, 7) is 2.04.